The van der Waals surface area contributed by atoms with E-state index in [-0.39, 0.29) is 11.1 Å². The molecule has 0 fully saturated rings. The molecule has 14 heavy (non-hydrogen) atoms. The Bertz CT molecular complexity index is 205. The predicted octanol–water partition coefficient (Wildman–Crippen LogP) is 5.39. The summed E-state index contributed by atoms with van der Waals surface area (Å²) in [5, 5.41) is 0. The molecule has 0 aromatic heterocycles. The summed E-state index contributed by atoms with van der Waals surface area (Å²) in [5.74, 6) is 0. The fourth-order valence-electron chi connectivity index (χ4n) is 1.54. The van der Waals surface area contributed by atoms with Crippen molar-refractivity contribution in [2.24, 2.45) is 0 Å². The van der Waals surface area contributed by atoms with Gasteiger partial charge >= 0.3 is 12.0 Å². The molecule has 0 N–H and O–H groups in total. The standard InChI is InChI=1S/C6H8Cl6Si2/c7-13(8,9)5-3-1-2-4-6(5)14(10,11)12/h1-2,5-6H,3-4H2. The first-order valence-corrected chi connectivity index (χ1v) is 14.2. The average molecular weight is 349 g/mol. The van der Waals surface area contributed by atoms with Gasteiger partial charge in [-0.05, 0) is 12.8 Å². The van der Waals surface area contributed by atoms with Crippen molar-refractivity contribution in [1.82, 2.24) is 0 Å². The van der Waals surface area contributed by atoms with Gasteiger partial charge < -0.3 is 0 Å². The number of hydrogen-bond donors (Lipinski definition) is 0. The van der Waals surface area contributed by atoms with Crippen molar-refractivity contribution in [3.63, 3.8) is 0 Å². The monoisotopic (exact) mass is 346 g/mol. The van der Waals surface area contributed by atoms with Crippen LogP contribution in [0.1, 0.15) is 12.8 Å². The molecule has 1 aliphatic rings. The quantitative estimate of drug-likeness (QED) is 0.356. The predicted molar refractivity (Wildman–Crippen MR) is 72.5 cm³/mol. The average Bonchev–Trinajstić information content (AvgIpc) is 2.01. The number of allylic oxidation sites excluding steroid dienone is 2. The molecule has 2 atom stereocenters. The highest BCUT2D eigenvalue weighted by atomic mass is 35.8. The molecule has 0 heterocycles. The van der Waals surface area contributed by atoms with Gasteiger partial charge in [0.15, 0.2) is 0 Å². The zero-order valence-corrected chi connectivity index (χ0v) is 13.5. The molecule has 0 radical (unpaired) electrons. The van der Waals surface area contributed by atoms with Crippen molar-refractivity contribution in [1.29, 1.82) is 0 Å². The molecule has 0 nitrogen and oxygen atoms in total. The number of rotatable bonds is 2. The molecule has 0 aromatic carbocycles. The molecule has 1 aliphatic carbocycles. The summed E-state index contributed by atoms with van der Waals surface area (Å²) in [6, 6.07) is -5.56. The Kier molecular flexibility index (Phi) is 5.04. The maximum Gasteiger partial charge on any atom is 0.344 e. The summed E-state index contributed by atoms with van der Waals surface area (Å²) in [6.07, 6.45) is 5.43. The van der Waals surface area contributed by atoms with Gasteiger partial charge in [-0.15, -0.1) is 66.5 Å². The number of halogens is 6. The molecular weight excluding hydrogens is 341 g/mol. The normalized spacial score (nSPS) is 29.3. The van der Waals surface area contributed by atoms with Crippen molar-refractivity contribution in [2.45, 2.75) is 23.9 Å². The van der Waals surface area contributed by atoms with Crippen molar-refractivity contribution in [3.05, 3.63) is 12.2 Å². The molecule has 82 valence electrons. The minimum atomic E-state index is -2.78. The lowest BCUT2D eigenvalue weighted by atomic mass is 10.1. The highest BCUT2D eigenvalue weighted by molar-refractivity contribution is 7.68. The molecule has 0 spiro atoms. The summed E-state index contributed by atoms with van der Waals surface area (Å²) in [5.41, 5.74) is -0.117. The Balaban J connectivity index is 2.87. The Morgan fingerprint density at radius 3 is 1.21 bits per heavy atom. The minimum Gasteiger partial charge on any atom is -0.126 e. The van der Waals surface area contributed by atoms with Crippen LogP contribution in [0.5, 0.6) is 0 Å². The van der Waals surface area contributed by atoms with Gasteiger partial charge in [0.1, 0.15) is 0 Å². The van der Waals surface area contributed by atoms with Gasteiger partial charge in [-0.3, -0.25) is 0 Å². The van der Waals surface area contributed by atoms with Crippen LogP contribution >= 0.6 is 66.5 Å². The van der Waals surface area contributed by atoms with Crippen LogP contribution in [0.3, 0.4) is 0 Å². The lowest BCUT2D eigenvalue weighted by Crippen LogP contribution is -2.34. The van der Waals surface area contributed by atoms with Crippen LogP contribution in [0.4, 0.5) is 0 Å². The van der Waals surface area contributed by atoms with E-state index in [1.54, 1.807) is 0 Å². The van der Waals surface area contributed by atoms with Gasteiger partial charge in [0.25, 0.3) is 0 Å². The highest BCUT2D eigenvalue weighted by Gasteiger charge is 2.50. The third-order valence-corrected chi connectivity index (χ3v) is 10.6. The molecule has 0 bridgehead atoms. The molecule has 1 rings (SSSR count). The first kappa shape index (κ1) is 14.0. The number of hydrogen-bond acceptors (Lipinski definition) is 0. The van der Waals surface area contributed by atoms with E-state index in [1.807, 2.05) is 12.2 Å². The van der Waals surface area contributed by atoms with Crippen molar-refractivity contribution < 1.29 is 0 Å². The van der Waals surface area contributed by atoms with E-state index in [4.69, 9.17) is 66.5 Å². The third kappa shape index (κ3) is 3.74. The van der Waals surface area contributed by atoms with Gasteiger partial charge in [0.05, 0.1) is 0 Å². The molecule has 0 saturated heterocycles. The second-order valence-electron chi connectivity index (χ2n) is 3.24. The fourth-order valence-corrected chi connectivity index (χ4v) is 11.3. The van der Waals surface area contributed by atoms with E-state index in [2.05, 4.69) is 0 Å². The molecule has 0 aromatic rings. The summed E-state index contributed by atoms with van der Waals surface area (Å²) < 4.78 is 0. The van der Waals surface area contributed by atoms with E-state index in [0.717, 1.165) is 0 Å². The molecular formula is C6H8Cl6Si2. The topological polar surface area (TPSA) is 0 Å². The lowest BCUT2D eigenvalue weighted by Gasteiger charge is -2.34. The fraction of sp³-hybridized carbons (Fsp3) is 0.667. The van der Waals surface area contributed by atoms with Crippen LogP contribution in [-0.4, -0.2) is 12.0 Å². The second kappa shape index (κ2) is 5.05. The largest absolute Gasteiger partial charge is 0.344 e. The van der Waals surface area contributed by atoms with Crippen LogP contribution in [0.25, 0.3) is 0 Å². The van der Waals surface area contributed by atoms with Crippen molar-refractivity contribution in [2.75, 3.05) is 0 Å². The maximum absolute atomic E-state index is 5.99. The van der Waals surface area contributed by atoms with E-state index in [1.165, 1.54) is 0 Å². The van der Waals surface area contributed by atoms with E-state index < -0.39 is 12.0 Å². The van der Waals surface area contributed by atoms with Gasteiger partial charge in [0.2, 0.25) is 0 Å². The van der Waals surface area contributed by atoms with Gasteiger partial charge in [0, 0.05) is 11.1 Å². The Hall–Kier alpha value is 1.91. The first-order chi connectivity index (χ1) is 6.23. The Morgan fingerprint density at radius 1 is 0.714 bits per heavy atom. The summed E-state index contributed by atoms with van der Waals surface area (Å²) in [7, 11) is 0. The summed E-state index contributed by atoms with van der Waals surface area (Å²) in [4.78, 5) is 0. The maximum atomic E-state index is 5.99. The lowest BCUT2D eigenvalue weighted by molar-refractivity contribution is 0.710. The first-order valence-electron chi connectivity index (χ1n) is 4.01. The third-order valence-electron chi connectivity index (χ3n) is 2.27. The van der Waals surface area contributed by atoms with E-state index in [0.29, 0.717) is 12.8 Å². The van der Waals surface area contributed by atoms with Gasteiger partial charge in [-0.25, -0.2) is 0 Å². The second-order valence-corrected chi connectivity index (χ2v) is 21.1. The highest BCUT2D eigenvalue weighted by Crippen LogP contribution is 2.55. The summed E-state index contributed by atoms with van der Waals surface area (Å²) >= 11 is 36.0. The molecule has 0 aliphatic heterocycles. The minimum absolute atomic E-state index is 0.0586. The molecule has 0 saturated carbocycles. The van der Waals surface area contributed by atoms with Crippen molar-refractivity contribution in [3.8, 4) is 0 Å². The zero-order chi connectivity index (χ0) is 11.0. The molecule has 0 amide bonds. The van der Waals surface area contributed by atoms with Gasteiger partial charge in [-0.1, -0.05) is 12.2 Å². The van der Waals surface area contributed by atoms with Crippen LogP contribution in [0.15, 0.2) is 12.2 Å². The Labute approximate surface area is 114 Å². The zero-order valence-electron chi connectivity index (χ0n) is 6.99. The molecule has 2 unspecified atom stereocenters. The SMILES string of the molecule is Cl[Si](Cl)(Cl)C1CC=CCC1[Si](Cl)(Cl)Cl. The Morgan fingerprint density at radius 2 is 1.00 bits per heavy atom. The van der Waals surface area contributed by atoms with E-state index >= 15 is 0 Å². The van der Waals surface area contributed by atoms with Crippen LogP contribution < -0.4 is 0 Å². The van der Waals surface area contributed by atoms with Crippen LogP contribution in [0, 0.1) is 0 Å². The van der Waals surface area contributed by atoms with Crippen LogP contribution in [0.2, 0.25) is 11.1 Å². The smallest absolute Gasteiger partial charge is 0.126 e. The van der Waals surface area contributed by atoms with Crippen molar-refractivity contribution >= 4 is 78.5 Å². The van der Waals surface area contributed by atoms with Crippen LogP contribution in [-0.2, 0) is 0 Å². The molecule has 8 heteroatoms. The van der Waals surface area contributed by atoms with Gasteiger partial charge in [-0.2, -0.15) is 0 Å². The van der Waals surface area contributed by atoms with E-state index in [9.17, 15) is 0 Å². The summed E-state index contributed by atoms with van der Waals surface area (Å²) in [6.45, 7) is 0.